The largest absolute Gasteiger partial charge is 0.342 e. The van der Waals surface area contributed by atoms with Gasteiger partial charge in [0, 0.05) is 13.1 Å². The van der Waals surface area contributed by atoms with Gasteiger partial charge in [-0.25, -0.2) is 0 Å². The van der Waals surface area contributed by atoms with E-state index in [9.17, 15) is 13.2 Å². The van der Waals surface area contributed by atoms with Crippen LogP contribution >= 0.6 is 0 Å². The third kappa shape index (κ3) is 5.82. The summed E-state index contributed by atoms with van der Waals surface area (Å²) in [5, 5.41) is -1.32. The molecule has 1 unspecified atom stereocenters. The van der Waals surface area contributed by atoms with Crippen LogP contribution in [-0.4, -0.2) is 42.1 Å². The average molecular weight is 279 g/mol. The van der Waals surface area contributed by atoms with Gasteiger partial charge in [-0.1, -0.05) is 32.6 Å². The molecule has 18 heavy (non-hydrogen) atoms. The summed E-state index contributed by atoms with van der Waals surface area (Å²) in [6.07, 6.45) is 3.74. The fraction of sp³-hybridized carbons (Fsp3) is 0.917. The van der Waals surface area contributed by atoms with Crippen molar-refractivity contribution < 1.29 is 17.8 Å². The van der Waals surface area contributed by atoms with Gasteiger partial charge in [0.2, 0.25) is 5.91 Å². The number of rotatable bonds is 8. The molecule has 0 aliphatic carbocycles. The molecular weight excluding hydrogens is 254 g/mol. The molecule has 0 aliphatic rings. The van der Waals surface area contributed by atoms with Crippen LogP contribution in [0.3, 0.4) is 0 Å². The second-order valence-corrected chi connectivity index (χ2v) is 6.49. The van der Waals surface area contributed by atoms with Crippen molar-refractivity contribution in [3.63, 3.8) is 0 Å². The molecule has 0 aliphatic heterocycles. The van der Waals surface area contributed by atoms with E-state index in [4.69, 9.17) is 4.55 Å². The van der Waals surface area contributed by atoms with Gasteiger partial charge < -0.3 is 4.90 Å². The zero-order valence-corrected chi connectivity index (χ0v) is 12.5. The van der Waals surface area contributed by atoms with Crippen molar-refractivity contribution in [3.8, 4) is 0 Å². The monoisotopic (exact) mass is 279 g/mol. The van der Waals surface area contributed by atoms with Gasteiger partial charge in [-0.3, -0.25) is 9.35 Å². The maximum Gasteiger partial charge on any atom is 0.276 e. The summed E-state index contributed by atoms with van der Waals surface area (Å²) in [5.41, 5.74) is 0. The summed E-state index contributed by atoms with van der Waals surface area (Å²) in [6.45, 7) is 5.66. The molecule has 0 bridgehead atoms. The molecule has 6 heteroatoms. The van der Waals surface area contributed by atoms with Gasteiger partial charge in [-0.15, -0.1) is 0 Å². The fourth-order valence-electron chi connectivity index (χ4n) is 1.64. The zero-order chi connectivity index (χ0) is 14.3. The summed E-state index contributed by atoms with van der Waals surface area (Å²) < 4.78 is 31.7. The van der Waals surface area contributed by atoms with E-state index in [0.29, 0.717) is 6.42 Å². The molecule has 0 heterocycles. The lowest BCUT2D eigenvalue weighted by atomic mass is 10.1. The summed E-state index contributed by atoms with van der Waals surface area (Å²) in [6, 6.07) is -0.0857. The highest BCUT2D eigenvalue weighted by atomic mass is 32.2. The summed E-state index contributed by atoms with van der Waals surface area (Å²) in [4.78, 5) is 13.3. The van der Waals surface area contributed by atoms with Crippen molar-refractivity contribution in [2.45, 2.75) is 64.2 Å². The van der Waals surface area contributed by atoms with Crippen molar-refractivity contribution in [1.82, 2.24) is 4.90 Å². The Bertz CT molecular complexity index is 351. The molecule has 0 saturated heterocycles. The first-order valence-electron chi connectivity index (χ1n) is 6.44. The van der Waals surface area contributed by atoms with Crippen LogP contribution in [-0.2, 0) is 14.9 Å². The third-order valence-electron chi connectivity index (χ3n) is 3.08. The highest BCUT2D eigenvalue weighted by molar-refractivity contribution is 7.87. The van der Waals surface area contributed by atoms with Crippen LogP contribution < -0.4 is 0 Å². The fourth-order valence-corrected chi connectivity index (χ4v) is 2.52. The SMILES string of the molecule is CCCCCCC(C(=O)N(C)C(C)C)S(=O)(=O)O. The quantitative estimate of drug-likeness (QED) is 0.545. The van der Waals surface area contributed by atoms with E-state index < -0.39 is 21.3 Å². The summed E-state index contributed by atoms with van der Waals surface area (Å²) in [5.74, 6) is -0.524. The molecule has 1 atom stereocenters. The molecule has 0 spiro atoms. The standard InChI is InChI=1S/C12H25NO4S/c1-5-6-7-8-9-11(18(15,16)17)12(14)13(4)10(2)3/h10-11H,5-9H2,1-4H3,(H,15,16,17). The van der Waals surface area contributed by atoms with Crippen molar-refractivity contribution in [2.75, 3.05) is 7.05 Å². The highest BCUT2D eigenvalue weighted by Gasteiger charge is 2.33. The number of carbonyl (C=O) groups is 1. The number of amides is 1. The van der Waals surface area contributed by atoms with Gasteiger partial charge >= 0.3 is 0 Å². The minimum atomic E-state index is -4.32. The minimum Gasteiger partial charge on any atom is -0.342 e. The second-order valence-electron chi connectivity index (χ2n) is 4.90. The van der Waals surface area contributed by atoms with Crippen molar-refractivity contribution in [2.24, 2.45) is 0 Å². The smallest absolute Gasteiger partial charge is 0.276 e. The maximum atomic E-state index is 12.0. The van der Waals surface area contributed by atoms with Crippen molar-refractivity contribution in [1.29, 1.82) is 0 Å². The molecule has 0 radical (unpaired) electrons. The Balaban J connectivity index is 4.65. The Morgan fingerprint density at radius 1 is 1.22 bits per heavy atom. The highest BCUT2D eigenvalue weighted by Crippen LogP contribution is 2.15. The summed E-state index contributed by atoms with van der Waals surface area (Å²) in [7, 11) is -2.77. The van der Waals surface area contributed by atoms with E-state index in [1.807, 2.05) is 0 Å². The molecule has 108 valence electrons. The first-order chi connectivity index (χ1) is 8.21. The van der Waals surface area contributed by atoms with Gasteiger partial charge in [0.25, 0.3) is 10.1 Å². The zero-order valence-electron chi connectivity index (χ0n) is 11.7. The second kappa shape index (κ2) is 7.74. The lowest BCUT2D eigenvalue weighted by molar-refractivity contribution is -0.131. The Kier molecular flexibility index (Phi) is 7.47. The van der Waals surface area contributed by atoms with Crippen LogP contribution in [0.25, 0.3) is 0 Å². The van der Waals surface area contributed by atoms with Crippen LogP contribution in [0.5, 0.6) is 0 Å². The van der Waals surface area contributed by atoms with E-state index in [1.165, 1.54) is 4.90 Å². The molecule has 1 amide bonds. The normalized spacial score (nSPS) is 13.7. The molecule has 0 saturated carbocycles. The molecule has 0 aromatic carbocycles. The Hall–Kier alpha value is -0.620. The molecule has 0 rings (SSSR count). The van der Waals surface area contributed by atoms with E-state index >= 15 is 0 Å². The lowest BCUT2D eigenvalue weighted by Crippen LogP contribution is -2.43. The van der Waals surface area contributed by atoms with Gasteiger partial charge in [0.15, 0.2) is 5.25 Å². The minimum absolute atomic E-state index is 0.0857. The molecule has 0 aromatic heterocycles. The molecule has 1 N–H and O–H groups in total. The van der Waals surface area contributed by atoms with Gasteiger partial charge in [-0.2, -0.15) is 8.42 Å². The van der Waals surface area contributed by atoms with Crippen LogP contribution in [0.2, 0.25) is 0 Å². The maximum absolute atomic E-state index is 12.0. The van der Waals surface area contributed by atoms with Crippen molar-refractivity contribution in [3.05, 3.63) is 0 Å². The average Bonchev–Trinajstić information content (AvgIpc) is 2.25. The van der Waals surface area contributed by atoms with Gasteiger partial charge in [0.05, 0.1) is 0 Å². The Morgan fingerprint density at radius 2 is 1.78 bits per heavy atom. The van der Waals surface area contributed by atoms with Crippen LogP contribution in [0.1, 0.15) is 52.9 Å². The first-order valence-corrected chi connectivity index (χ1v) is 7.95. The number of hydrogen-bond donors (Lipinski definition) is 1. The predicted octanol–water partition coefficient (Wildman–Crippen LogP) is 2.08. The Morgan fingerprint density at radius 3 is 2.17 bits per heavy atom. The van der Waals surface area contributed by atoms with Crippen LogP contribution in [0, 0.1) is 0 Å². The first kappa shape index (κ1) is 17.4. The number of unbranched alkanes of at least 4 members (excludes halogenated alkanes) is 3. The van der Waals surface area contributed by atoms with E-state index in [2.05, 4.69) is 6.92 Å². The molecule has 0 aromatic rings. The predicted molar refractivity (Wildman–Crippen MR) is 72.0 cm³/mol. The summed E-state index contributed by atoms with van der Waals surface area (Å²) >= 11 is 0. The van der Waals surface area contributed by atoms with Crippen LogP contribution in [0.4, 0.5) is 0 Å². The van der Waals surface area contributed by atoms with E-state index in [1.54, 1.807) is 20.9 Å². The number of nitrogens with zero attached hydrogens (tertiary/aromatic N) is 1. The van der Waals surface area contributed by atoms with E-state index in [0.717, 1.165) is 19.3 Å². The molecule has 5 nitrogen and oxygen atoms in total. The topological polar surface area (TPSA) is 74.7 Å². The van der Waals surface area contributed by atoms with E-state index in [-0.39, 0.29) is 12.5 Å². The van der Waals surface area contributed by atoms with Gasteiger partial charge in [-0.05, 0) is 20.3 Å². The third-order valence-corrected chi connectivity index (χ3v) is 4.23. The molecule has 0 fully saturated rings. The number of carbonyl (C=O) groups excluding carboxylic acids is 1. The lowest BCUT2D eigenvalue weighted by Gasteiger charge is -2.25. The molecular formula is C12H25NO4S. The van der Waals surface area contributed by atoms with Gasteiger partial charge in [0.1, 0.15) is 0 Å². The van der Waals surface area contributed by atoms with Crippen LogP contribution in [0.15, 0.2) is 0 Å². The number of hydrogen-bond acceptors (Lipinski definition) is 3. The Labute approximate surface area is 110 Å². The van der Waals surface area contributed by atoms with Crippen molar-refractivity contribution >= 4 is 16.0 Å².